The zero-order chi connectivity index (χ0) is 41.8. The molecular weight excluding hydrogens is 749 g/mol. The van der Waals surface area contributed by atoms with Crippen LogP contribution in [0.3, 0.4) is 0 Å². The maximum atomic E-state index is 12.6. The lowest BCUT2D eigenvalue weighted by Gasteiger charge is -2.20. The lowest BCUT2D eigenvalue weighted by molar-refractivity contribution is -0.161. The molecule has 0 saturated carbocycles. The standard InChI is InChI=1S/C44H70NO11P/c1-3-5-7-8-9-10-11-12-13-14-15-20-23-26-30-34-43(47)55-38(36-53-57(50,51)54-37-39(45)44(48)49)35-52-42(46)33-29-25-22-19-17-16-18-21-24-28-32-41-40(56-41)31-27-6-4-2/h5,7,9-10,12-13,15-16,18-20,22,24,28,38-41H,3-4,6,8,11,14,17,21,23,25-27,29-37,45H2,1-2H3,(H,48,49)(H,50,51)/b7-5-,10-9-,13-12-,18-16-,20-15-,22-19-,28-24-/t38-,39+,40?,41?/m1/s1. The molecule has 57 heavy (non-hydrogen) atoms. The van der Waals surface area contributed by atoms with Crippen LogP contribution in [0.5, 0.6) is 0 Å². The number of rotatable bonds is 36. The number of allylic oxidation sites excluding steroid dienone is 13. The third kappa shape index (κ3) is 32.3. The molecule has 0 aromatic heterocycles. The summed E-state index contributed by atoms with van der Waals surface area (Å²) in [7, 11) is -4.75. The van der Waals surface area contributed by atoms with Crippen molar-refractivity contribution in [3.63, 3.8) is 0 Å². The van der Waals surface area contributed by atoms with E-state index < -0.39 is 57.7 Å². The van der Waals surface area contributed by atoms with Gasteiger partial charge in [-0.05, 0) is 83.5 Å². The van der Waals surface area contributed by atoms with Gasteiger partial charge >= 0.3 is 25.7 Å². The summed E-state index contributed by atoms with van der Waals surface area (Å²) in [6, 6.07) is -1.54. The second kappa shape index (κ2) is 34.6. The van der Waals surface area contributed by atoms with Gasteiger partial charge in [-0.2, -0.15) is 0 Å². The maximum Gasteiger partial charge on any atom is 0.472 e. The average Bonchev–Trinajstić information content (AvgIpc) is 3.94. The number of hydrogen-bond donors (Lipinski definition) is 3. The Hall–Kier alpha value is -3.38. The Morgan fingerprint density at radius 2 is 1.21 bits per heavy atom. The molecule has 0 spiro atoms. The van der Waals surface area contributed by atoms with Crippen molar-refractivity contribution in [2.24, 2.45) is 5.73 Å². The number of unbranched alkanes of at least 4 members (excludes halogenated alkanes) is 5. The third-order valence-electron chi connectivity index (χ3n) is 8.55. The fourth-order valence-corrected chi connectivity index (χ4v) is 5.98. The number of carboxylic acids is 1. The zero-order valence-corrected chi connectivity index (χ0v) is 35.2. The number of ether oxygens (including phenoxy) is 3. The number of aliphatic carboxylic acids is 1. The van der Waals surface area contributed by atoms with Crippen LogP contribution in [0, 0.1) is 0 Å². The molecule has 13 heteroatoms. The summed E-state index contributed by atoms with van der Waals surface area (Å²) < 4.78 is 38.3. The SMILES string of the molecule is CC/C=C\C/C=C\C/C=C\C/C=C\CCCCC(=O)O[C@H](COC(=O)CCC/C=C\C/C=C\C/C=C\CC1OC1CCCCC)COP(=O)(O)OC[C@H](N)C(=O)O. The fourth-order valence-electron chi connectivity index (χ4n) is 5.20. The highest BCUT2D eigenvalue weighted by atomic mass is 31.2. The van der Waals surface area contributed by atoms with E-state index in [2.05, 4.69) is 91.3 Å². The molecule has 1 fully saturated rings. The lowest BCUT2D eigenvalue weighted by Crippen LogP contribution is -2.34. The molecule has 0 bridgehead atoms. The van der Waals surface area contributed by atoms with Crippen LogP contribution in [0.15, 0.2) is 85.1 Å². The highest BCUT2D eigenvalue weighted by molar-refractivity contribution is 7.47. The second-order valence-corrected chi connectivity index (χ2v) is 15.2. The summed E-state index contributed by atoms with van der Waals surface area (Å²) in [5.41, 5.74) is 5.32. The highest BCUT2D eigenvalue weighted by Crippen LogP contribution is 2.43. The molecule has 0 aromatic carbocycles. The second-order valence-electron chi connectivity index (χ2n) is 13.8. The molecule has 0 amide bonds. The summed E-state index contributed by atoms with van der Waals surface area (Å²) in [6.45, 7) is 2.52. The number of carbonyl (C=O) groups is 3. The minimum absolute atomic E-state index is 0.0897. The van der Waals surface area contributed by atoms with E-state index in [0.29, 0.717) is 31.5 Å². The number of hydrogen-bond acceptors (Lipinski definition) is 10. The Morgan fingerprint density at radius 3 is 1.81 bits per heavy atom. The van der Waals surface area contributed by atoms with Crippen molar-refractivity contribution < 1.29 is 52.2 Å². The maximum absolute atomic E-state index is 12.6. The summed E-state index contributed by atoms with van der Waals surface area (Å²) in [6.07, 6.45) is 44.1. The van der Waals surface area contributed by atoms with Crippen molar-refractivity contribution in [1.82, 2.24) is 0 Å². The molecule has 4 N–H and O–H groups in total. The van der Waals surface area contributed by atoms with E-state index in [1.54, 1.807) is 0 Å². The number of phosphoric ester groups is 1. The van der Waals surface area contributed by atoms with Gasteiger partial charge in [0, 0.05) is 12.8 Å². The monoisotopic (exact) mass is 819 g/mol. The van der Waals surface area contributed by atoms with E-state index >= 15 is 0 Å². The van der Waals surface area contributed by atoms with Gasteiger partial charge < -0.3 is 29.9 Å². The van der Waals surface area contributed by atoms with E-state index in [0.717, 1.165) is 57.8 Å². The van der Waals surface area contributed by atoms with Gasteiger partial charge in [0.1, 0.15) is 12.6 Å². The molecule has 1 saturated heterocycles. The molecule has 5 atom stereocenters. The number of esters is 2. The molecule has 322 valence electrons. The Kier molecular flexibility index (Phi) is 31.4. The smallest absolute Gasteiger partial charge is 0.472 e. The molecule has 1 rings (SSSR count). The largest absolute Gasteiger partial charge is 0.480 e. The van der Waals surface area contributed by atoms with Gasteiger partial charge in [-0.1, -0.05) is 118 Å². The van der Waals surface area contributed by atoms with Crippen LogP contribution >= 0.6 is 7.82 Å². The van der Waals surface area contributed by atoms with Crippen LogP contribution in [0.2, 0.25) is 0 Å². The molecule has 1 heterocycles. The van der Waals surface area contributed by atoms with Crippen molar-refractivity contribution >= 4 is 25.7 Å². The first kappa shape index (κ1) is 51.6. The predicted molar refractivity (Wildman–Crippen MR) is 225 cm³/mol. The average molecular weight is 820 g/mol. The van der Waals surface area contributed by atoms with Crippen LogP contribution in [0.25, 0.3) is 0 Å². The number of carboxylic acid groups (broad SMARTS) is 1. The molecular formula is C44H70NO11P. The molecule has 12 nitrogen and oxygen atoms in total. The molecule has 1 aliphatic heterocycles. The van der Waals surface area contributed by atoms with Crippen LogP contribution in [0.1, 0.15) is 129 Å². The van der Waals surface area contributed by atoms with E-state index in [1.807, 2.05) is 12.2 Å². The van der Waals surface area contributed by atoms with Gasteiger partial charge in [0.05, 0.1) is 25.4 Å². The molecule has 1 aliphatic rings. The molecule has 0 aromatic rings. The van der Waals surface area contributed by atoms with Crippen molar-refractivity contribution in [3.8, 4) is 0 Å². The predicted octanol–water partition coefficient (Wildman–Crippen LogP) is 9.71. The van der Waals surface area contributed by atoms with Crippen molar-refractivity contribution in [2.75, 3.05) is 19.8 Å². The molecule has 0 radical (unpaired) electrons. The minimum Gasteiger partial charge on any atom is -0.480 e. The van der Waals surface area contributed by atoms with Crippen LogP contribution in [-0.4, -0.2) is 72.1 Å². The Labute approximate surface area is 341 Å². The number of phosphoric acid groups is 1. The normalized spacial score (nSPS) is 18.2. The van der Waals surface area contributed by atoms with Crippen LogP contribution in [-0.2, 0) is 42.2 Å². The van der Waals surface area contributed by atoms with Gasteiger partial charge in [-0.25, -0.2) is 4.57 Å². The van der Waals surface area contributed by atoms with E-state index in [1.165, 1.54) is 25.7 Å². The van der Waals surface area contributed by atoms with Crippen LogP contribution < -0.4 is 5.73 Å². The quantitative estimate of drug-likeness (QED) is 0.0179. The van der Waals surface area contributed by atoms with Crippen LogP contribution in [0.4, 0.5) is 0 Å². The third-order valence-corrected chi connectivity index (χ3v) is 9.50. The topological polar surface area (TPSA) is 184 Å². The van der Waals surface area contributed by atoms with Gasteiger partial charge in [-0.15, -0.1) is 0 Å². The van der Waals surface area contributed by atoms with E-state index in [-0.39, 0.29) is 12.8 Å². The van der Waals surface area contributed by atoms with Crippen molar-refractivity contribution in [2.45, 2.75) is 154 Å². The number of nitrogens with two attached hydrogens (primary N) is 1. The first-order chi connectivity index (χ1) is 27.6. The van der Waals surface area contributed by atoms with Gasteiger partial charge in [0.25, 0.3) is 0 Å². The van der Waals surface area contributed by atoms with Gasteiger partial charge in [0.2, 0.25) is 0 Å². The zero-order valence-electron chi connectivity index (χ0n) is 34.3. The summed E-state index contributed by atoms with van der Waals surface area (Å²) in [5, 5.41) is 8.88. The summed E-state index contributed by atoms with van der Waals surface area (Å²) in [5.74, 6) is -2.53. The first-order valence-corrected chi connectivity index (χ1v) is 22.2. The Balaban J connectivity index is 2.37. The number of carbonyl (C=O) groups excluding carboxylic acids is 2. The minimum atomic E-state index is -4.75. The summed E-state index contributed by atoms with van der Waals surface area (Å²) in [4.78, 5) is 45.9. The Bertz CT molecular complexity index is 1350. The molecule has 0 aliphatic carbocycles. The number of epoxide rings is 1. The van der Waals surface area contributed by atoms with Gasteiger partial charge in [-0.3, -0.25) is 23.4 Å². The first-order valence-electron chi connectivity index (χ1n) is 20.7. The summed E-state index contributed by atoms with van der Waals surface area (Å²) >= 11 is 0. The van der Waals surface area contributed by atoms with Crippen molar-refractivity contribution in [1.29, 1.82) is 0 Å². The van der Waals surface area contributed by atoms with Crippen molar-refractivity contribution in [3.05, 3.63) is 85.1 Å². The van der Waals surface area contributed by atoms with E-state index in [4.69, 9.17) is 29.6 Å². The van der Waals surface area contributed by atoms with E-state index in [9.17, 15) is 23.8 Å². The highest BCUT2D eigenvalue weighted by Gasteiger charge is 2.36. The lowest BCUT2D eigenvalue weighted by atomic mass is 10.1. The van der Waals surface area contributed by atoms with Gasteiger partial charge in [0.15, 0.2) is 6.10 Å². The fraction of sp³-hybridized carbons (Fsp3) is 0.614. The Morgan fingerprint density at radius 1 is 0.667 bits per heavy atom. The molecule has 3 unspecified atom stereocenters.